The van der Waals surface area contributed by atoms with E-state index >= 15 is 0 Å². The third-order valence-corrected chi connectivity index (χ3v) is 7.28. The van der Waals surface area contributed by atoms with E-state index in [1.807, 2.05) is 86.6 Å². The first-order valence-electron chi connectivity index (χ1n) is 14.3. The third-order valence-electron chi connectivity index (χ3n) is 7.28. The zero-order chi connectivity index (χ0) is 31.7. The molecular weight excluding hydrogens is 542 g/mol. The van der Waals surface area contributed by atoms with Crippen molar-refractivity contribution in [2.75, 3.05) is 21.1 Å². The van der Waals surface area contributed by atoms with Gasteiger partial charge in [-0.05, 0) is 48.2 Å². The smallest absolute Gasteiger partial charge is 0.263 e. The van der Waals surface area contributed by atoms with Crippen LogP contribution >= 0.6 is 0 Å². The standard InChI is InChI=1S/C34H43N5O4/c1-24(40)36-39(6)33(43)30(22-25-13-8-7-9-14-25)38(5)32(42)29(37(4)31(41)17-12-20-34(2,3)35)23-26-18-19-27-15-10-11-16-28(27)21-26/h7-19,21,29-30H,20,22-23,35H2,1-6H3,(H,36,40)/b17-12+/t29-,30-/m1/s1. The zero-order valence-corrected chi connectivity index (χ0v) is 25.9. The molecule has 0 aliphatic carbocycles. The number of rotatable bonds is 11. The average molecular weight is 586 g/mol. The highest BCUT2D eigenvalue weighted by Gasteiger charge is 2.36. The van der Waals surface area contributed by atoms with Crippen molar-refractivity contribution in [2.24, 2.45) is 5.73 Å². The molecular formula is C34H43N5O4. The fraction of sp³-hybridized carbons (Fsp3) is 0.353. The van der Waals surface area contributed by atoms with E-state index in [9.17, 15) is 19.2 Å². The Labute approximate surface area is 254 Å². The summed E-state index contributed by atoms with van der Waals surface area (Å²) in [5, 5.41) is 3.19. The molecule has 0 aliphatic heterocycles. The summed E-state index contributed by atoms with van der Waals surface area (Å²) in [7, 11) is 4.61. The van der Waals surface area contributed by atoms with Gasteiger partial charge in [-0.1, -0.05) is 78.9 Å². The summed E-state index contributed by atoms with van der Waals surface area (Å²) in [5.74, 6) is -1.62. The predicted octanol–water partition coefficient (Wildman–Crippen LogP) is 3.47. The molecule has 3 N–H and O–H groups in total. The number of carbonyl (C=O) groups is 4. The van der Waals surface area contributed by atoms with Crippen LogP contribution in [0.3, 0.4) is 0 Å². The first-order valence-corrected chi connectivity index (χ1v) is 14.3. The Morgan fingerprint density at radius 2 is 1.37 bits per heavy atom. The van der Waals surface area contributed by atoms with E-state index in [-0.39, 0.29) is 18.7 Å². The number of nitrogens with one attached hydrogen (secondary N) is 1. The predicted molar refractivity (Wildman–Crippen MR) is 170 cm³/mol. The van der Waals surface area contributed by atoms with Gasteiger partial charge < -0.3 is 15.5 Å². The molecule has 0 radical (unpaired) electrons. The van der Waals surface area contributed by atoms with Crippen molar-refractivity contribution in [1.82, 2.24) is 20.2 Å². The molecule has 0 saturated heterocycles. The second kappa shape index (κ2) is 14.6. The highest BCUT2D eigenvalue weighted by molar-refractivity contribution is 5.95. The Bertz CT molecular complexity index is 1460. The van der Waals surface area contributed by atoms with Gasteiger partial charge in [-0.2, -0.15) is 0 Å². The largest absolute Gasteiger partial charge is 0.332 e. The lowest BCUT2D eigenvalue weighted by molar-refractivity contribution is -0.151. The molecule has 3 aromatic rings. The maximum atomic E-state index is 14.3. The van der Waals surface area contributed by atoms with E-state index in [0.717, 1.165) is 26.9 Å². The lowest BCUT2D eigenvalue weighted by Gasteiger charge is -2.35. The van der Waals surface area contributed by atoms with Crippen molar-refractivity contribution in [3.63, 3.8) is 0 Å². The van der Waals surface area contributed by atoms with Gasteiger partial charge in [-0.15, -0.1) is 0 Å². The highest BCUT2D eigenvalue weighted by atomic mass is 16.2. The van der Waals surface area contributed by atoms with Crippen LogP contribution in [-0.4, -0.2) is 77.2 Å². The number of hydrazine groups is 1. The number of carbonyl (C=O) groups excluding carboxylic acids is 4. The number of fused-ring (bicyclic) bond motifs is 1. The zero-order valence-electron chi connectivity index (χ0n) is 25.9. The maximum Gasteiger partial charge on any atom is 0.263 e. The first kappa shape index (κ1) is 33.0. The first-order chi connectivity index (χ1) is 20.3. The number of benzene rings is 3. The highest BCUT2D eigenvalue weighted by Crippen LogP contribution is 2.20. The molecule has 4 amide bonds. The Morgan fingerprint density at radius 3 is 2.00 bits per heavy atom. The van der Waals surface area contributed by atoms with Crippen molar-refractivity contribution >= 4 is 34.4 Å². The topological polar surface area (TPSA) is 116 Å². The molecule has 2 atom stereocenters. The van der Waals surface area contributed by atoms with Crippen molar-refractivity contribution in [3.05, 3.63) is 96.1 Å². The minimum absolute atomic E-state index is 0.220. The number of amides is 4. The van der Waals surface area contributed by atoms with E-state index < -0.39 is 35.3 Å². The van der Waals surface area contributed by atoms with E-state index in [4.69, 9.17) is 5.73 Å². The molecule has 3 rings (SSSR count). The molecule has 9 heteroatoms. The molecule has 0 bridgehead atoms. The van der Waals surface area contributed by atoms with Crippen LogP contribution in [0.25, 0.3) is 10.8 Å². The van der Waals surface area contributed by atoms with Gasteiger partial charge in [0, 0.05) is 46.4 Å². The fourth-order valence-electron chi connectivity index (χ4n) is 4.84. The van der Waals surface area contributed by atoms with Crippen molar-refractivity contribution in [1.29, 1.82) is 0 Å². The molecule has 0 fully saturated rings. The molecule has 0 spiro atoms. The lowest BCUT2D eigenvalue weighted by Crippen LogP contribution is -2.58. The summed E-state index contributed by atoms with van der Waals surface area (Å²) in [6, 6.07) is 21.4. The van der Waals surface area contributed by atoms with Crippen LogP contribution in [0, 0.1) is 0 Å². The van der Waals surface area contributed by atoms with Gasteiger partial charge in [-0.25, -0.2) is 0 Å². The van der Waals surface area contributed by atoms with Crippen molar-refractivity contribution in [3.8, 4) is 0 Å². The van der Waals surface area contributed by atoms with Crippen LogP contribution in [0.4, 0.5) is 0 Å². The van der Waals surface area contributed by atoms with Gasteiger partial charge in [0.25, 0.3) is 5.91 Å². The summed E-state index contributed by atoms with van der Waals surface area (Å²) in [6.45, 7) is 5.05. The van der Waals surface area contributed by atoms with Gasteiger partial charge in [0.15, 0.2) is 0 Å². The number of likely N-dealkylation sites (N-methyl/N-ethyl adjacent to an activating group) is 3. The number of nitrogens with two attached hydrogens (primary N) is 1. The molecule has 43 heavy (non-hydrogen) atoms. The van der Waals surface area contributed by atoms with Crippen LogP contribution in [0.2, 0.25) is 0 Å². The van der Waals surface area contributed by atoms with Crippen LogP contribution in [-0.2, 0) is 32.0 Å². The monoisotopic (exact) mass is 585 g/mol. The summed E-state index contributed by atoms with van der Waals surface area (Å²) < 4.78 is 0. The fourth-order valence-corrected chi connectivity index (χ4v) is 4.84. The third kappa shape index (κ3) is 9.51. The van der Waals surface area contributed by atoms with Crippen LogP contribution in [0.5, 0.6) is 0 Å². The van der Waals surface area contributed by atoms with Gasteiger partial charge >= 0.3 is 0 Å². The number of hydrogen-bond donors (Lipinski definition) is 2. The van der Waals surface area contributed by atoms with E-state index in [1.54, 1.807) is 20.2 Å². The van der Waals surface area contributed by atoms with Crippen molar-refractivity contribution < 1.29 is 19.2 Å². The molecule has 0 aliphatic rings. The molecule has 0 aromatic heterocycles. The maximum absolute atomic E-state index is 14.3. The summed E-state index contributed by atoms with van der Waals surface area (Å²) in [5.41, 5.74) is 9.80. The SMILES string of the molecule is CC(=O)NN(C)C(=O)[C@@H](Cc1ccccc1)N(C)C(=O)[C@@H](Cc1ccc2ccccc2c1)N(C)C(=O)/C=C/CC(C)(C)N. The molecule has 0 unspecified atom stereocenters. The van der Waals surface area contributed by atoms with Gasteiger partial charge in [-0.3, -0.25) is 29.6 Å². The number of hydrogen-bond acceptors (Lipinski definition) is 5. The van der Waals surface area contributed by atoms with E-state index in [2.05, 4.69) is 5.43 Å². The minimum Gasteiger partial charge on any atom is -0.332 e. The average Bonchev–Trinajstić information content (AvgIpc) is 2.96. The van der Waals surface area contributed by atoms with Crippen LogP contribution < -0.4 is 11.2 Å². The van der Waals surface area contributed by atoms with Gasteiger partial charge in [0.2, 0.25) is 17.7 Å². The molecule has 0 saturated carbocycles. The normalized spacial score (nSPS) is 12.9. The Hall–Kier alpha value is -4.50. The summed E-state index contributed by atoms with van der Waals surface area (Å²) in [6.07, 6.45) is 4.09. The molecule has 3 aromatic carbocycles. The second-order valence-corrected chi connectivity index (χ2v) is 11.7. The molecule has 0 heterocycles. The quantitative estimate of drug-likeness (QED) is 0.264. The summed E-state index contributed by atoms with van der Waals surface area (Å²) in [4.78, 5) is 55.8. The van der Waals surface area contributed by atoms with Gasteiger partial charge in [0.1, 0.15) is 12.1 Å². The Kier molecular flexibility index (Phi) is 11.2. The minimum atomic E-state index is -0.942. The van der Waals surface area contributed by atoms with Crippen molar-refractivity contribution in [2.45, 2.75) is 57.7 Å². The Morgan fingerprint density at radius 1 is 0.791 bits per heavy atom. The van der Waals surface area contributed by atoms with E-state index in [0.29, 0.717) is 6.42 Å². The molecule has 9 nitrogen and oxygen atoms in total. The van der Waals surface area contributed by atoms with Gasteiger partial charge in [0.05, 0.1) is 0 Å². The number of nitrogens with zero attached hydrogens (tertiary/aromatic N) is 3. The van der Waals surface area contributed by atoms with Crippen LogP contribution in [0.15, 0.2) is 84.9 Å². The Balaban J connectivity index is 1.98. The van der Waals surface area contributed by atoms with Crippen LogP contribution in [0.1, 0.15) is 38.3 Å². The molecule has 228 valence electrons. The lowest BCUT2D eigenvalue weighted by atomic mass is 9.98. The van der Waals surface area contributed by atoms with E-state index in [1.165, 1.54) is 29.8 Å². The second-order valence-electron chi connectivity index (χ2n) is 11.7. The summed E-state index contributed by atoms with van der Waals surface area (Å²) >= 11 is 0.